The Kier molecular flexibility index (Phi) is 11.5. The number of nitrogens with one attached hydrogen (secondary N) is 1. The Morgan fingerprint density at radius 3 is 2.68 bits per heavy atom. The van der Waals surface area contributed by atoms with E-state index in [4.69, 9.17) is 9.15 Å². The van der Waals surface area contributed by atoms with E-state index < -0.39 is 0 Å². The summed E-state index contributed by atoms with van der Waals surface area (Å²) in [7, 11) is 0. The van der Waals surface area contributed by atoms with Crippen molar-refractivity contribution >= 4 is 41.6 Å². The van der Waals surface area contributed by atoms with Crippen molar-refractivity contribution in [3.05, 3.63) is 35.6 Å². The van der Waals surface area contributed by atoms with Crippen LogP contribution in [0.25, 0.3) is 11.0 Å². The molecule has 0 atom stereocenters. The lowest BCUT2D eigenvalue weighted by atomic mass is 10.0. The summed E-state index contributed by atoms with van der Waals surface area (Å²) in [5.41, 5.74) is 4.32. The Morgan fingerprint density at radius 2 is 1.96 bits per heavy atom. The van der Waals surface area contributed by atoms with Crippen molar-refractivity contribution in [3.63, 3.8) is 0 Å². The van der Waals surface area contributed by atoms with Crippen molar-refractivity contribution in [3.8, 4) is 0 Å². The SMILES string of the molecule is CCCCc1oc2ccccc2c1CC(=NCCN1CCOCC1)NO.Cl.Cl. The summed E-state index contributed by atoms with van der Waals surface area (Å²) in [6.45, 7) is 7.19. The average Bonchev–Trinajstić information content (AvgIpc) is 3.03. The van der Waals surface area contributed by atoms with E-state index in [-0.39, 0.29) is 24.8 Å². The summed E-state index contributed by atoms with van der Waals surface area (Å²) < 4.78 is 11.4. The van der Waals surface area contributed by atoms with Crippen LogP contribution in [-0.2, 0) is 17.6 Å². The molecule has 0 amide bonds. The second-order valence-corrected chi connectivity index (χ2v) is 6.67. The Hall–Kier alpha value is -1.31. The molecule has 2 aromatic rings. The largest absolute Gasteiger partial charge is 0.461 e. The minimum Gasteiger partial charge on any atom is -0.461 e. The number of ether oxygens (including phenoxy) is 1. The molecule has 6 nitrogen and oxygen atoms in total. The van der Waals surface area contributed by atoms with Crippen LogP contribution in [0.3, 0.4) is 0 Å². The number of para-hydroxylation sites is 1. The molecular formula is C20H31Cl2N3O3. The highest BCUT2D eigenvalue weighted by atomic mass is 35.5. The van der Waals surface area contributed by atoms with Crippen LogP contribution in [0.4, 0.5) is 0 Å². The standard InChI is InChI=1S/C20H29N3O3.2ClH/c1-2-3-7-19-17(16-6-4-5-8-18(16)26-19)15-20(22-24)21-9-10-23-11-13-25-14-12-23;;/h4-6,8,24H,2-3,7,9-15H2,1H3,(H,21,22);2*1H. The molecule has 158 valence electrons. The van der Waals surface area contributed by atoms with Gasteiger partial charge in [0.2, 0.25) is 0 Å². The van der Waals surface area contributed by atoms with Crippen molar-refractivity contribution in [1.29, 1.82) is 0 Å². The molecule has 1 saturated heterocycles. The number of fused-ring (bicyclic) bond motifs is 1. The zero-order valence-electron chi connectivity index (χ0n) is 16.4. The smallest absolute Gasteiger partial charge is 0.134 e. The quantitative estimate of drug-likeness (QED) is 0.377. The molecule has 1 aromatic carbocycles. The number of hydroxylamine groups is 1. The zero-order chi connectivity index (χ0) is 18.2. The molecule has 0 radical (unpaired) electrons. The van der Waals surface area contributed by atoms with Crippen LogP contribution < -0.4 is 5.48 Å². The second-order valence-electron chi connectivity index (χ2n) is 6.67. The molecule has 3 rings (SSSR count). The van der Waals surface area contributed by atoms with E-state index in [0.717, 1.165) is 74.4 Å². The van der Waals surface area contributed by atoms with E-state index >= 15 is 0 Å². The summed E-state index contributed by atoms with van der Waals surface area (Å²) in [6.07, 6.45) is 3.67. The van der Waals surface area contributed by atoms with Gasteiger partial charge in [-0.1, -0.05) is 31.5 Å². The van der Waals surface area contributed by atoms with Crippen LogP contribution in [0.15, 0.2) is 33.7 Å². The fourth-order valence-electron chi connectivity index (χ4n) is 3.33. The van der Waals surface area contributed by atoms with E-state index in [2.05, 4.69) is 28.4 Å². The molecule has 1 aromatic heterocycles. The normalized spacial score (nSPS) is 15.1. The molecule has 1 aliphatic rings. The number of unbranched alkanes of at least 4 members (excludes halogenated alkanes) is 1. The summed E-state index contributed by atoms with van der Waals surface area (Å²) in [6, 6.07) is 8.08. The number of amidine groups is 1. The molecule has 1 aliphatic heterocycles. The van der Waals surface area contributed by atoms with E-state index in [9.17, 15) is 5.21 Å². The van der Waals surface area contributed by atoms with Gasteiger partial charge in [0.1, 0.15) is 17.2 Å². The highest BCUT2D eigenvalue weighted by Crippen LogP contribution is 2.27. The summed E-state index contributed by atoms with van der Waals surface area (Å²) in [5.74, 6) is 1.59. The van der Waals surface area contributed by atoms with Crippen molar-refractivity contribution in [1.82, 2.24) is 10.4 Å². The Bertz CT molecular complexity index is 731. The fraction of sp³-hybridized carbons (Fsp3) is 0.550. The molecule has 8 heteroatoms. The first kappa shape index (κ1) is 24.7. The molecule has 0 aliphatic carbocycles. The highest BCUT2D eigenvalue weighted by Gasteiger charge is 2.16. The Morgan fingerprint density at radius 1 is 1.21 bits per heavy atom. The molecule has 0 unspecified atom stereocenters. The Labute approximate surface area is 179 Å². The van der Waals surface area contributed by atoms with Gasteiger partial charge >= 0.3 is 0 Å². The van der Waals surface area contributed by atoms with Crippen molar-refractivity contribution in [2.45, 2.75) is 32.6 Å². The third kappa shape index (κ3) is 6.64. The first-order chi connectivity index (χ1) is 12.8. The molecule has 2 N–H and O–H groups in total. The maximum atomic E-state index is 9.56. The zero-order valence-corrected chi connectivity index (χ0v) is 18.0. The van der Waals surface area contributed by atoms with Crippen molar-refractivity contribution < 1.29 is 14.4 Å². The van der Waals surface area contributed by atoms with Crippen LogP contribution in [0.1, 0.15) is 31.1 Å². The maximum absolute atomic E-state index is 9.56. The molecule has 0 spiro atoms. The number of rotatable bonds is 8. The Balaban J connectivity index is 0.00000196. The van der Waals surface area contributed by atoms with E-state index in [0.29, 0.717) is 18.8 Å². The highest BCUT2D eigenvalue weighted by molar-refractivity contribution is 5.90. The van der Waals surface area contributed by atoms with Crippen LogP contribution in [0.5, 0.6) is 0 Å². The van der Waals surface area contributed by atoms with Crippen LogP contribution in [0, 0.1) is 0 Å². The number of furan rings is 1. The van der Waals surface area contributed by atoms with Gasteiger partial charge in [-0.2, -0.15) is 0 Å². The third-order valence-electron chi connectivity index (χ3n) is 4.84. The summed E-state index contributed by atoms with van der Waals surface area (Å²) in [4.78, 5) is 6.91. The van der Waals surface area contributed by atoms with Gasteiger partial charge < -0.3 is 9.15 Å². The molecule has 2 heterocycles. The minimum atomic E-state index is 0. The van der Waals surface area contributed by atoms with Gasteiger partial charge in [0.05, 0.1) is 19.8 Å². The van der Waals surface area contributed by atoms with Gasteiger partial charge in [0.15, 0.2) is 0 Å². The van der Waals surface area contributed by atoms with E-state index in [1.807, 2.05) is 18.2 Å². The van der Waals surface area contributed by atoms with Crippen molar-refractivity contribution in [2.75, 3.05) is 39.4 Å². The summed E-state index contributed by atoms with van der Waals surface area (Å²) in [5, 5.41) is 10.7. The predicted molar refractivity (Wildman–Crippen MR) is 118 cm³/mol. The monoisotopic (exact) mass is 431 g/mol. The third-order valence-corrected chi connectivity index (χ3v) is 4.84. The second kappa shape index (κ2) is 13.0. The predicted octanol–water partition coefficient (Wildman–Crippen LogP) is 3.87. The topological polar surface area (TPSA) is 70.2 Å². The maximum Gasteiger partial charge on any atom is 0.134 e. The van der Waals surface area contributed by atoms with Gasteiger partial charge in [-0.05, 0) is 12.5 Å². The van der Waals surface area contributed by atoms with Gasteiger partial charge in [0, 0.05) is 43.4 Å². The fourth-order valence-corrected chi connectivity index (χ4v) is 3.33. The van der Waals surface area contributed by atoms with Crippen LogP contribution >= 0.6 is 24.8 Å². The summed E-state index contributed by atoms with van der Waals surface area (Å²) >= 11 is 0. The van der Waals surface area contributed by atoms with Crippen LogP contribution in [-0.4, -0.2) is 55.3 Å². The number of aliphatic imine (C=N–C) groups is 1. The number of hydrogen-bond acceptors (Lipinski definition) is 5. The minimum absolute atomic E-state index is 0. The van der Waals surface area contributed by atoms with Crippen molar-refractivity contribution in [2.24, 2.45) is 4.99 Å². The lowest BCUT2D eigenvalue weighted by Gasteiger charge is -2.25. The van der Waals surface area contributed by atoms with Crippen LogP contribution in [0.2, 0.25) is 0 Å². The number of morpholine rings is 1. The first-order valence-electron chi connectivity index (χ1n) is 9.54. The molecule has 0 saturated carbocycles. The molecule has 0 bridgehead atoms. The number of hydrogen-bond donors (Lipinski definition) is 2. The van der Waals surface area contributed by atoms with Gasteiger partial charge in [-0.3, -0.25) is 20.6 Å². The number of halogens is 2. The molecule has 28 heavy (non-hydrogen) atoms. The number of nitrogens with zero attached hydrogens (tertiary/aromatic N) is 2. The average molecular weight is 432 g/mol. The molecular weight excluding hydrogens is 401 g/mol. The first-order valence-corrected chi connectivity index (χ1v) is 9.54. The van der Waals surface area contributed by atoms with E-state index in [1.165, 1.54) is 0 Å². The number of benzene rings is 1. The lowest BCUT2D eigenvalue weighted by molar-refractivity contribution is 0.0394. The van der Waals surface area contributed by atoms with Gasteiger partial charge in [-0.15, -0.1) is 24.8 Å². The van der Waals surface area contributed by atoms with E-state index in [1.54, 1.807) is 0 Å². The number of aryl methyl sites for hydroxylation is 1. The van der Waals surface area contributed by atoms with Gasteiger partial charge in [0.25, 0.3) is 0 Å². The molecule has 1 fully saturated rings. The lowest BCUT2D eigenvalue weighted by Crippen LogP contribution is -2.38. The van der Waals surface area contributed by atoms with Gasteiger partial charge in [-0.25, -0.2) is 0 Å².